The van der Waals surface area contributed by atoms with E-state index in [1.807, 2.05) is 19.1 Å². The predicted octanol–water partition coefficient (Wildman–Crippen LogP) is 3.46. The van der Waals surface area contributed by atoms with E-state index < -0.39 is 0 Å². The largest absolute Gasteiger partial charge is 0.466 e. The third-order valence-corrected chi connectivity index (χ3v) is 5.97. The Kier molecular flexibility index (Phi) is 3.13. The van der Waals surface area contributed by atoms with Gasteiger partial charge >= 0.3 is 0 Å². The SMILES string of the molecule is Cc1ccc(CCNC(=O)C23CC4CC(CC(C4)C2)C3)o1. The monoisotopic (exact) mass is 287 g/mol. The average Bonchev–Trinajstić information content (AvgIpc) is 2.83. The van der Waals surface area contributed by atoms with Crippen molar-refractivity contribution in [3.63, 3.8) is 0 Å². The maximum Gasteiger partial charge on any atom is 0.226 e. The first-order chi connectivity index (χ1) is 10.1. The quantitative estimate of drug-likeness (QED) is 0.921. The van der Waals surface area contributed by atoms with Crippen LogP contribution in [0.4, 0.5) is 0 Å². The molecule has 0 spiro atoms. The van der Waals surface area contributed by atoms with Crippen LogP contribution >= 0.6 is 0 Å². The third kappa shape index (κ3) is 2.41. The summed E-state index contributed by atoms with van der Waals surface area (Å²) < 4.78 is 5.56. The molecule has 1 aromatic rings. The number of rotatable bonds is 4. The molecule has 0 unspecified atom stereocenters. The van der Waals surface area contributed by atoms with Gasteiger partial charge in [-0.1, -0.05) is 0 Å². The second kappa shape index (κ2) is 4.89. The summed E-state index contributed by atoms with van der Waals surface area (Å²) in [6, 6.07) is 3.99. The van der Waals surface area contributed by atoms with Crippen molar-refractivity contribution >= 4 is 5.91 Å². The first kappa shape index (κ1) is 13.4. The zero-order valence-corrected chi connectivity index (χ0v) is 12.9. The standard InChI is InChI=1S/C18H25NO2/c1-12-2-3-16(21-12)4-5-19-17(20)18-9-13-6-14(10-18)8-15(7-13)11-18/h2-3,13-15H,4-11H2,1H3,(H,19,20). The van der Waals surface area contributed by atoms with Gasteiger partial charge in [0.25, 0.3) is 0 Å². The molecule has 0 atom stereocenters. The number of aryl methyl sites for hydroxylation is 1. The summed E-state index contributed by atoms with van der Waals surface area (Å²) in [4.78, 5) is 12.8. The van der Waals surface area contributed by atoms with Gasteiger partial charge < -0.3 is 9.73 Å². The minimum atomic E-state index is -0.0200. The van der Waals surface area contributed by atoms with Gasteiger partial charge in [0, 0.05) is 18.4 Å². The fourth-order valence-electron chi connectivity index (χ4n) is 5.49. The molecule has 0 saturated heterocycles. The molecule has 4 saturated carbocycles. The molecule has 3 nitrogen and oxygen atoms in total. The van der Waals surface area contributed by atoms with Crippen molar-refractivity contribution in [3.8, 4) is 0 Å². The summed E-state index contributed by atoms with van der Waals surface area (Å²) in [6.07, 6.45) is 8.39. The highest BCUT2D eigenvalue weighted by molar-refractivity contribution is 5.83. The van der Waals surface area contributed by atoms with Crippen molar-refractivity contribution in [3.05, 3.63) is 23.7 Å². The Morgan fingerprint density at radius 3 is 2.33 bits per heavy atom. The fourth-order valence-corrected chi connectivity index (χ4v) is 5.49. The van der Waals surface area contributed by atoms with Crippen LogP contribution in [-0.4, -0.2) is 12.5 Å². The molecule has 5 rings (SSSR count). The van der Waals surface area contributed by atoms with Gasteiger partial charge in [0.1, 0.15) is 11.5 Å². The van der Waals surface area contributed by atoms with Gasteiger partial charge in [-0.25, -0.2) is 0 Å². The molecule has 3 heteroatoms. The van der Waals surface area contributed by atoms with Crippen LogP contribution in [0.1, 0.15) is 50.0 Å². The van der Waals surface area contributed by atoms with Gasteiger partial charge in [0.2, 0.25) is 5.91 Å². The van der Waals surface area contributed by atoms with Gasteiger partial charge in [-0.05, 0) is 75.3 Å². The summed E-state index contributed by atoms with van der Waals surface area (Å²) in [5, 5.41) is 3.20. The number of amides is 1. The Labute approximate surface area is 126 Å². The summed E-state index contributed by atoms with van der Waals surface area (Å²) in [7, 11) is 0. The van der Waals surface area contributed by atoms with E-state index in [9.17, 15) is 4.79 Å². The maximum absolute atomic E-state index is 12.8. The van der Waals surface area contributed by atoms with Gasteiger partial charge in [-0.3, -0.25) is 4.79 Å². The summed E-state index contributed by atoms with van der Waals surface area (Å²) in [6.45, 7) is 2.66. The van der Waals surface area contributed by atoms with E-state index in [0.717, 1.165) is 55.0 Å². The van der Waals surface area contributed by atoms with Gasteiger partial charge in [-0.2, -0.15) is 0 Å². The lowest BCUT2D eigenvalue weighted by Gasteiger charge is -2.55. The summed E-state index contributed by atoms with van der Waals surface area (Å²) >= 11 is 0. The number of carbonyl (C=O) groups excluding carboxylic acids is 1. The van der Waals surface area contributed by atoms with E-state index in [2.05, 4.69) is 5.32 Å². The van der Waals surface area contributed by atoms with Crippen LogP contribution in [-0.2, 0) is 11.2 Å². The lowest BCUT2D eigenvalue weighted by atomic mass is 9.49. The van der Waals surface area contributed by atoms with Gasteiger partial charge in [-0.15, -0.1) is 0 Å². The van der Waals surface area contributed by atoms with E-state index in [4.69, 9.17) is 4.42 Å². The Morgan fingerprint density at radius 2 is 1.81 bits per heavy atom. The van der Waals surface area contributed by atoms with Crippen molar-refractivity contribution in [2.24, 2.45) is 23.2 Å². The van der Waals surface area contributed by atoms with Gasteiger partial charge in [0.15, 0.2) is 0 Å². The predicted molar refractivity (Wildman–Crippen MR) is 80.8 cm³/mol. The number of carbonyl (C=O) groups is 1. The molecular formula is C18H25NO2. The van der Waals surface area contributed by atoms with E-state index in [-0.39, 0.29) is 5.41 Å². The van der Waals surface area contributed by atoms with Crippen molar-refractivity contribution < 1.29 is 9.21 Å². The molecule has 1 N–H and O–H groups in total. The third-order valence-electron chi connectivity index (χ3n) is 5.97. The number of nitrogens with one attached hydrogen (secondary N) is 1. The molecule has 21 heavy (non-hydrogen) atoms. The molecule has 1 heterocycles. The number of furan rings is 1. The molecule has 1 amide bonds. The van der Waals surface area contributed by atoms with Crippen LogP contribution in [0.2, 0.25) is 0 Å². The van der Waals surface area contributed by atoms with E-state index in [1.54, 1.807) is 0 Å². The zero-order chi connectivity index (χ0) is 14.4. The second-order valence-corrected chi connectivity index (χ2v) is 7.72. The fraction of sp³-hybridized carbons (Fsp3) is 0.722. The Morgan fingerprint density at radius 1 is 1.19 bits per heavy atom. The highest BCUT2D eigenvalue weighted by Gasteiger charge is 2.54. The smallest absolute Gasteiger partial charge is 0.226 e. The Bertz CT molecular complexity index is 510. The molecule has 0 radical (unpaired) electrons. The zero-order valence-electron chi connectivity index (χ0n) is 12.9. The lowest BCUT2D eigenvalue weighted by molar-refractivity contribution is -0.146. The van der Waals surface area contributed by atoms with Crippen LogP contribution in [0.5, 0.6) is 0 Å². The molecule has 0 aliphatic heterocycles. The van der Waals surface area contributed by atoms with E-state index in [0.29, 0.717) is 12.5 Å². The van der Waals surface area contributed by atoms with Crippen LogP contribution in [0.3, 0.4) is 0 Å². The summed E-state index contributed by atoms with van der Waals surface area (Å²) in [5.41, 5.74) is -0.0200. The normalized spacial score (nSPS) is 36.9. The molecule has 4 bridgehead atoms. The van der Waals surface area contributed by atoms with Crippen LogP contribution in [0.15, 0.2) is 16.5 Å². The van der Waals surface area contributed by atoms with Crippen molar-refractivity contribution in [2.45, 2.75) is 51.9 Å². The molecule has 4 fully saturated rings. The van der Waals surface area contributed by atoms with E-state index in [1.165, 1.54) is 19.3 Å². The highest BCUT2D eigenvalue weighted by atomic mass is 16.3. The first-order valence-corrected chi connectivity index (χ1v) is 8.47. The summed E-state index contributed by atoms with van der Waals surface area (Å²) in [5.74, 6) is 4.72. The molecule has 114 valence electrons. The maximum atomic E-state index is 12.8. The van der Waals surface area contributed by atoms with Crippen LogP contribution in [0.25, 0.3) is 0 Å². The molecule has 4 aliphatic carbocycles. The van der Waals surface area contributed by atoms with E-state index >= 15 is 0 Å². The lowest BCUT2D eigenvalue weighted by Crippen LogP contribution is -2.53. The number of hydrogen-bond donors (Lipinski definition) is 1. The minimum absolute atomic E-state index is 0.0200. The van der Waals surface area contributed by atoms with Crippen LogP contribution in [0, 0.1) is 30.1 Å². The second-order valence-electron chi connectivity index (χ2n) is 7.72. The van der Waals surface area contributed by atoms with Crippen molar-refractivity contribution in [1.82, 2.24) is 5.32 Å². The molecule has 0 aromatic carbocycles. The Hall–Kier alpha value is -1.25. The van der Waals surface area contributed by atoms with Crippen LogP contribution < -0.4 is 5.32 Å². The minimum Gasteiger partial charge on any atom is -0.466 e. The van der Waals surface area contributed by atoms with Crippen molar-refractivity contribution in [1.29, 1.82) is 0 Å². The van der Waals surface area contributed by atoms with Gasteiger partial charge in [0.05, 0.1) is 0 Å². The Balaban J connectivity index is 1.36. The topological polar surface area (TPSA) is 42.2 Å². The average molecular weight is 287 g/mol. The molecular weight excluding hydrogens is 262 g/mol. The van der Waals surface area contributed by atoms with Crippen molar-refractivity contribution in [2.75, 3.05) is 6.54 Å². The first-order valence-electron chi connectivity index (χ1n) is 8.47. The highest BCUT2D eigenvalue weighted by Crippen LogP contribution is 2.60. The molecule has 1 aromatic heterocycles. The number of hydrogen-bond acceptors (Lipinski definition) is 2. The molecule has 4 aliphatic rings.